The third-order valence-corrected chi connectivity index (χ3v) is 24.2. The summed E-state index contributed by atoms with van der Waals surface area (Å²) in [7, 11) is 0. The minimum absolute atomic E-state index is 0.158. The van der Waals surface area contributed by atoms with E-state index in [2.05, 4.69) is 107 Å². The highest BCUT2D eigenvalue weighted by Crippen LogP contribution is 2.52. The Morgan fingerprint density at radius 2 is 0.675 bits per heavy atom. The molecule has 0 radical (unpaired) electrons. The van der Waals surface area contributed by atoms with Crippen LogP contribution in [-0.4, -0.2) is 4.57 Å². The first-order valence-electron chi connectivity index (χ1n) is 32.4. The summed E-state index contributed by atoms with van der Waals surface area (Å²) in [6, 6.07) is 23.2. The van der Waals surface area contributed by atoms with Crippen molar-refractivity contribution < 1.29 is 0 Å². The van der Waals surface area contributed by atoms with E-state index in [4.69, 9.17) is 0 Å². The lowest BCUT2D eigenvalue weighted by atomic mass is 9.94. The Morgan fingerprint density at radius 1 is 0.373 bits per heavy atom. The summed E-state index contributed by atoms with van der Waals surface area (Å²) in [5, 5.41) is 39.1. The first kappa shape index (κ1) is 66.0. The van der Waals surface area contributed by atoms with E-state index in [1.807, 2.05) is 45.3 Å². The molecule has 1 atom stereocenters. The van der Waals surface area contributed by atoms with Crippen LogP contribution in [-0.2, 0) is 32.2 Å². The van der Waals surface area contributed by atoms with E-state index in [1.54, 1.807) is 34.8 Å². The second-order valence-corrected chi connectivity index (χ2v) is 29.7. The van der Waals surface area contributed by atoms with Crippen LogP contribution < -0.4 is 0 Å². The van der Waals surface area contributed by atoms with Crippen LogP contribution in [0.15, 0.2) is 47.5 Å². The third kappa shape index (κ3) is 18.7. The number of thiophene rings is 6. The molecule has 7 heterocycles. The van der Waals surface area contributed by atoms with E-state index in [0.29, 0.717) is 5.92 Å². The van der Waals surface area contributed by atoms with E-state index in [9.17, 15) is 21.0 Å². The average Bonchev–Trinajstić information content (AvgIpc) is 2.09. The SMILES string of the molecule is CCCCCCCCC(CCCCCC)Cn1c2cc(-c3sc(-c4sc(C=C(C#N)C#N)cc4CCCCCC)cc3CCCCCC)sc2c2sc(-c3sc(-c4sc(C=C(C#N)C#N)cc4CCCCCC)cc3CCCCCC)cc21. The second-order valence-electron chi connectivity index (χ2n) is 23.3. The largest absolute Gasteiger partial charge is 0.339 e. The van der Waals surface area contributed by atoms with Crippen LogP contribution in [0.1, 0.15) is 253 Å². The monoisotopic (exact) mass is 1220 g/mol. The standard InChI is InChI=1S/C72H93N5S6/c1-7-13-19-25-26-28-34-52(33-27-20-14-8-2)51-77-61-45-65(69-57(37-31-23-17-11-5)43-63(80-69)67-55(35-29-21-15-9-3)41-59(78-67)39-53(47-73)48-74)82-71(61)72-62(77)46-66(83-72)70-58(38-32-24-18-12-6)44-64(81-70)68-56(36-30-22-16-10-4)42-60(79-68)40-54(49-75)50-76/h39-46,52H,7-38,51H2,1-6H3. The van der Waals surface area contributed by atoms with Crippen molar-refractivity contribution in [2.24, 2.45) is 5.92 Å². The summed E-state index contributed by atoms with van der Waals surface area (Å²) < 4.78 is 5.65. The molecule has 0 aliphatic carbocycles. The molecule has 7 aromatic heterocycles. The quantitative estimate of drug-likeness (QED) is 0.0282. The highest BCUT2D eigenvalue weighted by molar-refractivity contribution is 7.33. The summed E-state index contributed by atoms with van der Waals surface area (Å²) in [4.78, 5) is 12.8. The number of unbranched alkanes of at least 4 members (excludes halogenated alkanes) is 20. The van der Waals surface area contributed by atoms with Crippen LogP contribution in [0, 0.1) is 51.2 Å². The molecule has 7 rings (SSSR count). The summed E-state index contributed by atoms with van der Waals surface area (Å²) in [6.45, 7) is 14.8. The van der Waals surface area contributed by atoms with Crippen LogP contribution in [0.4, 0.5) is 0 Å². The number of aryl methyl sites for hydroxylation is 4. The maximum absolute atomic E-state index is 9.77. The Balaban J connectivity index is 1.40. The van der Waals surface area contributed by atoms with Crippen LogP contribution in [0.5, 0.6) is 0 Å². The molecule has 0 aliphatic heterocycles. The van der Waals surface area contributed by atoms with Gasteiger partial charge in [-0.25, -0.2) is 0 Å². The maximum Gasteiger partial charge on any atom is 0.131 e. The number of nitriles is 4. The topological polar surface area (TPSA) is 100 Å². The highest BCUT2D eigenvalue weighted by Gasteiger charge is 2.26. The molecule has 83 heavy (non-hydrogen) atoms. The number of aromatic nitrogens is 1. The van der Waals surface area contributed by atoms with E-state index < -0.39 is 0 Å². The fourth-order valence-corrected chi connectivity index (χ4v) is 19.6. The zero-order valence-corrected chi connectivity index (χ0v) is 56.1. The molecule has 0 saturated heterocycles. The van der Waals surface area contributed by atoms with E-state index in [-0.39, 0.29) is 11.1 Å². The number of rotatable bonds is 40. The van der Waals surface area contributed by atoms with Crippen molar-refractivity contribution in [3.8, 4) is 63.3 Å². The van der Waals surface area contributed by atoms with Gasteiger partial charge in [0, 0.05) is 55.3 Å². The first-order valence-corrected chi connectivity index (χ1v) is 37.3. The minimum Gasteiger partial charge on any atom is -0.339 e. The molecular formula is C72H93N5S6. The van der Waals surface area contributed by atoms with E-state index >= 15 is 0 Å². The van der Waals surface area contributed by atoms with Crippen molar-refractivity contribution in [3.63, 3.8) is 0 Å². The fourth-order valence-electron chi connectivity index (χ4n) is 11.8. The Kier molecular flexibility index (Phi) is 28.4. The van der Waals surface area contributed by atoms with Gasteiger partial charge in [-0.1, -0.05) is 183 Å². The van der Waals surface area contributed by atoms with Crippen molar-refractivity contribution in [2.45, 2.75) is 254 Å². The van der Waals surface area contributed by atoms with Gasteiger partial charge in [-0.05, 0) is 141 Å². The number of nitrogens with zero attached hydrogens (tertiary/aromatic N) is 5. The molecule has 0 bridgehead atoms. The fraction of sp³-hybridized carbons (Fsp3) is 0.556. The van der Waals surface area contributed by atoms with Crippen LogP contribution >= 0.6 is 68.0 Å². The third-order valence-electron chi connectivity index (χ3n) is 16.5. The average molecular weight is 1220 g/mol. The van der Waals surface area contributed by atoms with Gasteiger partial charge in [0.1, 0.15) is 35.4 Å². The number of hydrogen-bond donors (Lipinski definition) is 0. The predicted molar refractivity (Wildman–Crippen MR) is 368 cm³/mol. The van der Waals surface area contributed by atoms with Gasteiger partial charge in [0.25, 0.3) is 0 Å². The van der Waals surface area contributed by atoms with Gasteiger partial charge in [-0.3, -0.25) is 0 Å². The lowest BCUT2D eigenvalue weighted by molar-refractivity contribution is 0.365. The number of fused-ring (bicyclic) bond motifs is 3. The van der Waals surface area contributed by atoms with Gasteiger partial charge in [0.05, 0.1) is 20.4 Å². The van der Waals surface area contributed by atoms with Crippen molar-refractivity contribution in [2.75, 3.05) is 0 Å². The van der Waals surface area contributed by atoms with Crippen molar-refractivity contribution in [3.05, 3.63) is 79.6 Å². The van der Waals surface area contributed by atoms with Crippen LogP contribution in [0.3, 0.4) is 0 Å². The smallest absolute Gasteiger partial charge is 0.131 e. The lowest BCUT2D eigenvalue weighted by Gasteiger charge is -2.19. The molecule has 5 nitrogen and oxygen atoms in total. The normalized spacial score (nSPS) is 11.8. The predicted octanol–water partition coefficient (Wildman–Crippen LogP) is 25.5. The van der Waals surface area contributed by atoms with E-state index in [0.717, 1.165) is 54.8 Å². The number of allylic oxidation sites excluding steroid dienone is 2. The molecule has 0 fully saturated rings. The Hall–Kier alpha value is -4.56. The first-order chi connectivity index (χ1) is 40.7. The van der Waals surface area contributed by atoms with Gasteiger partial charge >= 0.3 is 0 Å². The number of hydrogen-bond acceptors (Lipinski definition) is 10. The van der Waals surface area contributed by atoms with Gasteiger partial charge in [-0.15, -0.1) is 68.0 Å². The molecule has 442 valence electrons. The Morgan fingerprint density at radius 3 is 1.04 bits per heavy atom. The van der Waals surface area contributed by atoms with Gasteiger partial charge in [0.2, 0.25) is 0 Å². The summed E-state index contributed by atoms with van der Waals surface area (Å²) in [5.74, 6) is 0.620. The zero-order chi connectivity index (χ0) is 58.8. The molecule has 0 amide bonds. The molecule has 1 unspecified atom stereocenters. The maximum atomic E-state index is 9.77. The van der Waals surface area contributed by atoms with E-state index in [1.165, 1.54) is 249 Å². The molecule has 0 spiro atoms. The molecule has 0 aliphatic rings. The lowest BCUT2D eigenvalue weighted by Crippen LogP contribution is -2.11. The van der Waals surface area contributed by atoms with Gasteiger partial charge in [0.15, 0.2) is 0 Å². The van der Waals surface area contributed by atoms with Crippen LogP contribution in [0.2, 0.25) is 0 Å². The summed E-state index contributed by atoms with van der Waals surface area (Å²) in [5.41, 5.74) is 8.73. The Labute approximate surface area is 524 Å². The molecule has 0 aromatic carbocycles. The molecule has 0 saturated carbocycles. The zero-order valence-electron chi connectivity index (χ0n) is 51.2. The summed E-state index contributed by atoms with van der Waals surface area (Å²) in [6.07, 6.45) is 42.7. The Bertz CT molecular complexity index is 3110. The van der Waals surface area contributed by atoms with Crippen molar-refractivity contribution >= 4 is 101 Å². The summed E-state index contributed by atoms with van der Waals surface area (Å²) >= 11 is 11.5. The van der Waals surface area contributed by atoms with Crippen molar-refractivity contribution in [1.29, 1.82) is 21.0 Å². The molecule has 7 aromatic rings. The molecule has 11 heteroatoms. The van der Waals surface area contributed by atoms with Crippen molar-refractivity contribution in [1.82, 2.24) is 4.57 Å². The molecular weight excluding hydrogens is 1130 g/mol. The minimum atomic E-state index is 0.158. The molecule has 0 N–H and O–H groups in total. The van der Waals surface area contributed by atoms with Gasteiger partial charge < -0.3 is 4.57 Å². The highest BCUT2D eigenvalue weighted by atomic mass is 32.1. The second kappa shape index (κ2) is 35.8. The van der Waals surface area contributed by atoms with Gasteiger partial charge in [-0.2, -0.15) is 21.0 Å². The van der Waals surface area contributed by atoms with Crippen LogP contribution in [0.25, 0.3) is 71.6 Å².